The van der Waals surface area contributed by atoms with E-state index in [9.17, 15) is 20.2 Å². The fraction of sp³-hybridized carbons (Fsp3) is 0.455. The van der Waals surface area contributed by atoms with Crippen LogP contribution in [0.3, 0.4) is 0 Å². The van der Waals surface area contributed by atoms with Crippen molar-refractivity contribution in [3.05, 3.63) is 44.0 Å². The van der Waals surface area contributed by atoms with Crippen molar-refractivity contribution in [2.45, 2.75) is 32.6 Å². The average Bonchev–Trinajstić information content (AvgIpc) is 2.27. The Hall–Kier alpha value is -2.38. The van der Waals surface area contributed by atoms with Crippen molar-refractivity contribution in [3.63, 3.8) is 0 Å². The van der Waals surface area contributed by atoms with Crippen LogP contribution in [0.5, 0.6) is 11.5 Å². The van der Waals surface area contributed by atoms with Crippen LogP contribution < -0.4 is 9.68 Å². The molecule has 0 bridgehead atoms. The summed E-state index contributed by atoms with van der Waals surface area (Å²) >= 11 is 0. The maximum absolute atomic E-state index is 10.3. The quantitative estimate of drug-likeness (QED) is 0.408. The lowest BCUT2D eigenvalue weighted by atomic mass is 10.1. The number of hydrogen-bond acceptors (Lipinski definition) is 6. The van der Waals surface area contributed by atoms with E-state index in [1.165, 1.54) is 12.1 Å². The zero-order chi connectivity index (χ0) is 14.3. The van der Waals surface area contributed by atoms with E-state index in [1.807, 2.05) is 6.92 Å². The van der Waals surface area contributed by atoms with E-state index < -0.39 is 10.2 Å². The minimum Gasteiger partial charge on any atom is -0.276 e. The van der Waals surface area contributed by atoms with Gasteiger partial charge < -0.3 is 0 Å². The van der Waals surface area contributed by atoms with Gasteiger partial charge in [0.1, 0.15) is 11.5 Å². The van der Waals surface area contributed by atoms with Crippen molar-refractivity contribution in [1.82, 2.24) is 0 Å². The Morgan fingerprint density at radius 1 is 1.00 bits per heavy atom. The molecule has 0 atom stereocenters. The minimum atomic E-state index is -0.971. The third-order valence-corrected chi connectivity index (χ3v) is 2.37. The van der Waals surface area contributed by atoms with E-state index in [-0.39, 0.29) is 11.5 Å². The van der Waals surface area contributed by atoms with Gasteiger partial charge in [-0.15, -0.1) is 20.2 Å². The predicted molar refractivity (Wildman–Crippen MR) is 64.9 cm³/mol. The van der Waals surface area contributed by atoms with E-state index in [4.69, 9.17) is 0 Å². The summed E-state index contributed by atoms with van der Waals surface area (Å²) in [6.07, 6.45) is 3.57. The standard InChI is InChI=1S/C11H14N2O6/c1-2-3-4-5-9-6-10(18-12(14)15)8-11(7-9)19-13(16)17/h6-8H,2-5H2,1H3. The first-order chi connectivity index (χ1) is 9.01. The molecule has 0 aliphatic heterocycles. The molecule has 19 heavy (non-hydrogen) atoms. The molecule has 1 rings (SSSR count). The van der Waals surface area contributed by atoms with Crippen molar-refractivity contribution in [1.29, 1.82) is 0 Å². The molecule has 0 aliphatic carbocycles. The monoisotopic (exact) mass is 270 g/mol. The molecule has 0 radical (unpaired) electrons. The third kappa shape index (κ3) is 5.66. The highest BCUT2D eigenvalue weighted by molar-refractivity contribution is 5.38. The summed E-state index contributed by atoms with van der Waals surface area (Å²) in [5.41, 5.74) is 0.699. The molecule has 0 unspecified atom stereocenters. The Kier molecular flexibility index (Phi) is 5.52. The van der Waals surface area contributed by atoms with Crippen LogP contribution in [0.2, 0.25) is 0 Å². The molecular weight excluding hydrogens is 256 g/mol. The molecule has 0 fully saturated rings. The number of hydrogen-bond donors (Lipinski definition) is 0. The number of rotatable bonds is 8. The number of benzene rings is 1. The van der Waals surface area contributed by atoms with E-state index >= 15 is 0 Å². The minimum absolute atomic E-state index is 0.0872. The van der Waals surface area contributed by atoms with Crippen LogP contribution in [0.15, 0.2) is 18.2 Å². The summed E-state index contributed by atoms with van der Waals surface area (Å²) in [5, 5.41) is 18.6. The fourth-order valence-electron chi connectivity index (χ4n) is 1.63. The van der Waals surface area contributed by atoms with Gasteiger partial charge in [-0.25, -0.2) is 0 Å². The Morgan fingerprint density at radius 2 is 1.53 bits per heavy atom. The average molecular weight is 270 g/mol. The largest absolute Gasteiger partial charge is 0.299 e. The number of aryl methyl sites for hydroxylation is 1. The normalized spacial score (nSPS) is 9.95. The number of nitrogens with zero attached hydrogens (tertiary/aromatic N) is 2. The van der Waals surface area contributed by atoms with Gasteiger partial charge in [-0.05, 0) is 36.6 Å². The van der Waals surface area contributed by atoms with Gasteiger partial charge in [-0.3, -0.25) is 9.68 Å². The zero-order valence-corrected chi connectivity index (χ0v) is 10.4. The van der Waals surface area contributed by atoms with Gasteiger partial charge in [0.25, 0.3) is 10.2 Å². The second-order valence-electron chi connectivity index (χ2n) is 3.90. The molecule has 0 N–H and O–H groups in total. The van der Waals surface area contributed by atoms with Crippen molar-refractivity contribution in [3.8, 4) is 11.5 Å². The molecule has 104 valence electrons. The van der Waals surface area contributed by atoms with Crippen molar-refractivity contribution in [2.75, 3.05) is 0 Å². The lowest BCUT2D eigenvalue weighted by Crippen LogP contribution is -2.07. The third-order valence-electron chi connectivity index (χ3n) is 2.37. The second kappa shape index (κ2) is 7.14. The molecule has 0 amide bonds. The maximum Gasteiger partial charge on any atom is 0.299 e. The van der Waals surface area contributed by atoms with Crippen LogP contribution in [-0.4, -0.2) is 10.2 Å². The van der Waals surface area contributed by atoms with E-state index in [1.54, 1.807) is 0 Å². The number of unbranched alkanes of at least 4 members (excludes halogenated alkanes) is 2. The summed E-state index contributed by atoms with van der Waals surface area (Å²) in [7, 11) is 0. The summed E-state index contributed by atoms with van der Waals surface area (Å²) in [4.78, 5) is 29.2. The van der Waals surface area contributed by atoms with Gasteiger partial charge in [0.05, 0.1) is 0 Å². The first-order valence-electron chi connectivity index (χ1n) is 5.80. The van der Waals surface area contributed by atoms with Crippen LogP contribution >= 0.6 is 0 Å². The molecule has 0 aromatic heterocycles. The fourth-order valence-corrected chi connectivity index (χ4v) is 1.63. The highest BCUT2D eigenvalue weighted by Crippen LogP contribution is 2.24. The van der Waals surface area contributed by atoms with Crippen LogP contribution in [0.25, 0.3) is 0 Å². The predicted octanol–water partition coefficient (Wildman–Crippen LogP) is 2.56. The summed E-state index contributed by atoms with van der Waals surface area (Å²) in [5.74, 6) is -0.174. The van der Waals surface area contributed by atoms with Crippen LogP contribution in [0.1, 0.15) is 31.7 Å². The van der Waals surface area contributed by atoms with E-state index in [2.05, 4.69) is 9.68 Å². The zero-order valence-electron chi connectivity index (χ0n) is 10.4. The first-order valence-corrected chi connectivity index (χ1v) is 5.80. The van der Waals surface area contributed by atoms with Gasteiger partial charge in [-0.1, -0.05) is 19.8 Å². The van der Waals surface area contributed by atoms with E-state index in [0.29, 0.717) is 12.0 Å². The highest BCUT2D eigenvalue weighted by atomic mass is 17.0. The molecule has 0 spiro atoms. The Bertz CT molecular complexity index is 428. The van der Waals surface area contributed by atoms with Crippen molar-refractivity contribution >= 4 is 0 Å². The lowest BCUT2D eigenvalue weighted by Gasteiger charge is -2.07. The lowest BCUT2D eigenvalue weighted by molar-refractivity contribution is -0.713. The van der Waals surface area contributed by atoms with Gasteiger partial charge >= 0.3 is 0 Å². The van der Waals surface area contributed by atoms with Gasteiger partial charge in [-0.2, -0.15) is 0 Å². The topological polar surface area (TPSA) is 105 Å². The molecular formula is C11H14N2O6. The van der Waals surface area contributed by atoms with Crippen LogP contribution in [0, 0.1) is 20.2 Å². The molecule has 0 aliphatic rings. The van der Waals surface area contributed by atoms with E-state index in [0.717, 1.165) is 25.3 Å². The molecule has 8 nitrogen and oxygen atoms in total. The smallest absolute Gasteiger partial charge is 0.276 e. The Labute approximate surface area is 109 Å². The highest BCUT2D eigenvalue weighted by Gasteiger charge is 2.08. The Morgan fingerprint density at radius 3 is 1.95 bits per heavy atom. The van der Waals surface area contributed by atoms with Gasteiger partial charge in [0.2, 0.25) is 0 Å². The van der Waals surface area contributed by atoms with Crippen LogP contribution in [-0.2, 0) is 6.42 Å². The molecule has 1 aromatic rings. The Balaban J connectivity index is 2.87. The molecule has 1 aromatic carbocycles. The summed E-state index contributed by atoms with van der Waals surface area (Å²) in [6, 6.07) is 4.06. The first kappa shape index (κ1) is 14.7. The van der Waals surface area contributed by atoms with Crippen molar-refractivity contribution < 1.29 is 19.8 Å². The second-order valence-corrected chi connectivity index (χ2v) is 3.90. The van der Waals surface area contributed by atoms with Crippen LogP contribution in [0.4, 0.5) is 0 Å². The molecule has 8 heteroatoms. The maximum atomic E-state index is 10.3. The van der Waals surface area contributed by atoms with Crippen molar-refractivity contribution in [2.24, 2.45) is 0 Å². The molecule has 0 saturated carbocycles. The molecule has 0 saturated heterocycles. The summed E-state index contributed by atoms with van der Waals surface area (Å²) in [6.45, 7) is 2.05. The van der Waals surface area contributed by atoms with Gasteiger partial charge in [0, 0.05) is 0 Å². The SMILES string of the molecule is CCCCCc1cc(O[N+](=O)[O-])cc(O[N+](=O)[O-])c1. The van der Waals surface area contributed by atoms with Gasteiger partial charge in [0.15, 0.2) is 0 Å². The summed E-state index contributed by atoms with van der Waals surface area (Å²) < 4.78 is 0. The molecule has 0 heterocycles.